The molecule has 0 radical (unpaired) electrons. The first-order valence-electron chi connectivity index (χ1n) is 11.3. The fourth-order valence-electron chi connectivity index (χ4n) is 3.48. The molecule has 3 rings (SSSR count). The number of nitrogens with one attached hydrogen (secondary N) is 1. The van der Waals surface area contributed by atoms with Crippen LogP contribution >= 0.6 is 11.6 Å². The van der Waals surface area contributed by atoms with Crippen LogP contribution in [-0.4, -0.2) is 22.2 Å². The van der Waals surface area contributed by atoms with Crippen LogP contribution in [0, 0.1) is 6.92 Å². The van der Waals surface area contributed by atoms with Crippen molar-refractivity contribution in [2.75, 3.05) is 6.54 Å². The highest BCUT2D eigenvalue weighted by Crippen LogP contribution is 2.35. The van der Waals surface area contributed by atoms with Crippen LogP contribution < -0.4 is 10.1 Å². The number of hydrogen-bond donors (Lipinski definition) is 1. The average Bonchev–Trinajstić information content (AvgIpc) is 3.09. The average molecular weight is 508 g/mol. The second-order valence-corrected chi connectivity index (χ2v) is 9.72. The molecule has 3 aromatic rings. The molecule has 1 heterocycles. The highest BCUT2D eigenvalue weighted by molar-refractivity contribution is 6.31. The highest BCUT2D eigenvalue weighted by atomic mass is 35.5. The smallest absolute Gasteiger partial charge is 0.436 e. The zero-order chi connectivity index (χ0) is 25.8. The standard InChI is InChI=1S/C26H29ClF3N3O2/c1-17-22(27)23(26(28,29)30)32-33(17)14-6-13-31-24(34)19-8-5-7-18(15-19)16-35-21-11-9-20(10-12-21)25(2,3)4/h5,7-12,15H,6,13-14,16H2,1-4H3,(H,31,34). The summed E-state index contributed by atoms with van der Waals surface area (Å²) in [5.41, 5.74) is 1.76. The van der Waals surface area contributed by atoms with E-state index in [1.807, 2.05) is 30.3 Å². The first kappa shape index (κ1) is 26.6. The first-order valence-corrected chi connectivity index (χ1v) is 11.6. The number of halogens is 4. The molecule has 0 unspecified atom stereocenters. The molecule has 0 spiro atoms. The Morgan fingerprint density at radius 3 is 2.40 bits per heavy atom. The van der Waals surface area contributed by atoms with Crippen LogP contribution in [0.15, 0.2) is 48.5 Å². The van der Waals surface area contributed by atoms with Gasteiger partial charge in [0.25, 0.3) is 5.91 Å². The molecule has 0 aliphatic heterocycles. The van der Waals surface area contributed by atoms with E-state index in [0.717, 1.165) is 11.3 Å². The van der Waals surface area contributed by atoms with Crippen LogP contribution in [0.5, 0.6) is 5.75 Å². The number of ether oxygens (including phenoxy) is 1. The first-order chi connectivity index (χ1) is 16.4. The molecule has 0 aliphatic rings. The molecule has 1 aromatic heterocycles. The molecule has 1 N–H and O–H groups in total. The molecule has 1 amide bonds. The molecule has 2 aromatic carbocycles. The lowest BCUT2D eigenvalue weighted by atomic mass is 9.87. The summed E-state index contributed by atoms with van der Waals surface area (Å²) in [5, 5.41) is 5.95. The monoisotopic (exact) mass is 507 g/mol. The maximum Gasteiger partial charge on any atom is 0.436 e. The van der Waals surface area contributed by atoms with E-state index in [-0.39, 0.29) is 30.1 Å². The van der Waals surface area contributed by atoms with Gasteiger partial charge in [-0.15, -0.1) is 0 Å². The minimum Gasteiger partial charge on any atom is -0.489 e. The highest BCUT2D eigenvalue weighted by Gasteiger charge is 2.38. The Labute approximate surface area is 208 Å². The third-order valence-corrected chi connectivity index (χ3v) is 6.00. The van der Waals surface area contributed by atoms with Crippen molar-refractivity contribution in [1.29, 1.82) is 0 Å². The summed E-state index contributed by atoms with van der Waals surface area (Å²) in [5.74, 6) is 0.475. The number of aromatic nitrogens is 2. The van der Waals surface area contributed by atoms with Crippen molar-refractivity contribution < 1.29 is 22.7 Å². The van der Waals surface area contributed by atoms with E-state index in [9.17, 15) is 18.0 Å². The van der Waals surface area contributed by atoms with Gasteiger partial charge in [0.1, 0.15) is 12.4 Å². The van der Waals surface area contributed by atoms with Crippen LogP contribution in [-0.2, 0) is 24.7 Å². The molecule has 0 saturated carbocycles. The Morgan fingerprint density at radius 2 is 1.80 bits per heavy atom. The Morgan fingerprint density at radius 1 is 1.11 bits per heavy atom. The number of amides is 1. The van der Waals surface area contributed by atoms with Crippen molar-refractivity contribution in [1.82, 2.24) is 15.1 Å². The van der Waals surface area contributed by atoms with Gasteiger partial charge in [-0.2, -0.15) is 18.3 Å². The quantitative estimate of drug-likeness (QED) is 0.351. The lowest BCUT2D eigenvalue weighted by Crippen LogP contribution is -2.25. The number of alkyl halides is 3. The van der Waals surface area contributed by atoms with Gasteiger partial charge in [-0.3, -0.25) is 9.48 Å². The molecule has 0 saturated heterocycles. The van der Waals surface area contributed by atoms with Crippen molar-refractivity contribution >= 4 is 17.5 Å². The Balaban J connectivity index is 1.50. The van der Waals surface area contributed by atoms with Gasteiger partial charge in [0.05, 0.1) is 10.7 Å². The predicted octanol–water partition coefficient (Wildman–Crippen LogP) is 6.56. The minimum atomic E-state index is -4.61. The van der Waals surface area contributed by atoms with Crippen LogP contribution in [0.4, 0.5) is 13.2 Å². The van der Waals surface area contributed by atoms with Crippen molar-refractivity contribution in [2.24, 2.45) is 0 Å². The van der Waals surface area contributed by atoms with Crippen molar-refractivity contribution in [3.8, 4) is 5.75 Å². The third kappa shape index (κ3) is 7.01. The second-order valence-electron chi connectivity index (χ2n) is 9.34. The van der Waals surface area contributed by atoms with Gasteiger partial charge in [-0.25, -0.2) is 0 Å². The van der Waals surface area contributed by atoms with Crippen molar-refractivity contribution in [3.05, 3.63) is 81.6 Å². The van der Waals surface area contributed by atoms with Crippen molar-refractivity contribution in [3.63, 3.8) is 0 Å². The number of benzene rings is 2. The summed E-state index contributed by atoms with van der Waals surface area (Å²) in [6.45, 7) is 8.72. The molecule has 0 aliphatic carbocycles. The van der Waals surface area contributed by atoms with E-state index < -0.39 is 16.9 Å². The fourth-order valence-corrected chi connectivity index (χ4v) is 3.72. The van der Waals surface area contributed by atoms with Gasteiger partial charge in [0.2, 0.25) is 0 Å². The van der Waals surface area contributed by atoms with E-state index in [1.54, 1.807) is 18.2 Å². The maximum atomic E-state index is 12.9. The molecule has 188 valence electrons. The number of nitrogens with zero attached hydrogens (tertiary/aromatic N) is 2. The number of hydrogen-bond acceptors (Lipinski definition) is 3. The lowest BCUT2D eigenvalue weighted by molar-refractivity contribution is -0.141. The normalized spacial score (nSPS) is 12.0. The molecule has 35 heavy (non-hydrogen) atoms. The summed E-state index contributed by atoms with van der Waals surface area (Å²) in [4.78, 5) is 12.5. The van der Waals surface area contributed by atoms with Crippen LogP contribution in [0.25, 0.3) is 0 Å². The molecule has 0 fully saturated rings. The summed E-state index contributed by atoms with van der Waals surface area (Å²) < 4.78 is 45.9. The maximum absolute atomic E-state index is 12.9. The van der Waals surface area contributed by atoms with Gasteiger partial charge in [-0.05, 0) is 54.2 Å². The molecule has 5 nitrogen and oxygen atoms in total. The van der Waals surface area contributed by atoms with Crippen LogP contribution in [0.2, 0.25) is 5.02 Å². The molecule has 9 heteroatoms. The third-order valence-electron chi connectivity index (χ3n) is 5.55. The van der Waals surface area contributed by atoms with Gasteiger partial charge in [0.15, 0.2) is 5.69 Å². The van der Waals surface area contributed by atoms with Gasteiger partial charge >= 0.3 is 6.18 Å². The summed E-state index contributed by atoms with van der Waals surface area (Å²) in [6.07, 6.45) is -4.21. The van der Waals surface area contributed by atoms with Gasteiger partial charge in [-0.1, -0.05) is 56.6 Å². The van der Waals surface area contributed by atoms with E-state index in [1.165, 1.54) is 17.2 Å². The number of carbonyl (C=O) groups is 1. The molecule has 0 atom stereocenters. The zero-order valence-electron chi connectivity index (χ0n) is 20.2. The predicted molar refractivity (Wildman–Crippen MR) is 130 cm³/mol. The second kappa shape index (κ2) is 10.7. The molecular formula is C26H29ClF3N3O2. The summed E-state index contributed by atoms with van der Waals surface area (Å²) in [7, 11) is 0. The number of aryl methyl sites for hydroxylation is 1. The summed E-state index contributed by atoms with van der Waals surface area (Å²) in [6, 6.07) is 15.1. The SMILES string of the molecule is Cc1c(Cl)c(C(F)(F)F)nn1CCCNC(=O)c1cccc(COc2ccc(C(C)(C)C)cc2)c1. The Bertz CT molecular complexity index is 1170. The minimum absolute atomic E-state index is 0.0660. The van der Waals surface area contributed by atoms with Gasteiger partial charge < -0.3 is 10.1 Å². The van der Waals surface area contributed by atoms with E-state index in [0.29, 0.717) is 18.6 Å². The van der Waals surface area contributed by atoms with E-state index in [2.05, 4.69) is 31.2 Å². The topological polar surface area (TPSA) is 56.2 Å². The largest absolute Gasteiger partial charge is 0.489 e. The van der Waals surface area contributed by atoms with Crippen LogP contribution in [0.1, 0.15) is 60.1 Å². The van der Waals surface area contributed by atoms with Crippen molar-refractivity contribution in [2.45, 2.75) is 58.9 Å². The number of rotatable bonds is 8. The number of carbonyl (C=O) groups excluding carboxylic acids is 1. The molecular weight excluding hydrogens is 479 g/mol. The van der Waals surface area contributed by atoms with Gasteiger partial charge in [0, 0.05) is 18.7 Å². The fraction of sp³-hybridized carbons (Fsp3) is 0.385. The van der Waals surface area contributed by atoms with Crippen LogP contribution in [0.3, 0.4) is 0 Å². The summed E-state index contributed by atoms with van der Waals surface area (Å²) >= 11 is 5.76. The Hall–Kier alpha value is -3.00. The zero-order valence-corrected chi connectivity index (χ0v) is 20.9. The molecule has 0 bridgehead atoms. The van der Waals surface area contributed by atoms with E-state index >= 15 is 0 Å². The van der Waals surface area contributed by atoms with E-state index in [4.69, 9.17) is 16.3 Å². The lowest BCUT2D eigenvalue weighted by Gasteiger charge is -2.19. The Kier molecular flexibility index (Phi) is 8.15.